The van der Waals surface area contributed by atoms with Crippen LogP contribution in [0.2, 0.25) is 5.02 Å². The van der Waals surface area contributed by atoms with Crippen molar-refractivity contribution in [2.24, 2.45) is 0 Å². The van der Waals surface area contributed by atoms with Crippen LogP contribution in [0, 0.1) is 0 Å². The summed E-state index contributed by atoms with van der Waals surface area (Å²) in [5.74, 6) is 0.209. The van der Waals surface area contributed by atoms with E-state index in [1.165, 1.54) is 0 Å². The highest BCUT2D eigenvalue weighted by atomic mass is 35.5. The van der Waals surface area contributed by atoms with Crippen LogP contribution < -0.4 is 0 Å². The van der Waals surface area contributed by atoms with E-state index in [4.69, 9.17) is 16.3 Å². The second kappa shape index (κ2) is 5.15. The van der Waals surface area contributed by atoms with Crippen LogP contribution >= 0.6 is 11.6 Å². The molecular weight excluding hydrogens is 264 g/mol. The number of benzene rings is 1. The molecule has 98 valence electrons. The normalized spacial score (nSPS) is 18.7. The standard InChI is InChI=1S/C14H13ClN2O2/c15-12-2-1-3-13(6-12)17-7-11(8-18)14(16-17)10-4-5-19-9-10/h1-3,6-8,10H,4-5,9H2. The van der Waals surface area contributed by atoms with Gasteiger partial charge in [0.15, 0.2) is 6.29 Å². The van der Waals surface area contributed by atoms with Crippen molar-refractivity contribution in [2.45, 2.75) is 12.3 Å². The lowest BCUT2D eigenvalue weighted by Gasteiger charge is -2.04. The molecule has 1 fully saturated rings. The summed E-state index contributed by atoms with van der Waals surface area (Å²) < 4.78 is 7.06. The minimum Gasteiger partial charge on any atom is -0.381 e. The Morgan fingerprint density at radius 1 is 1.47 bits per heavy atom. The Kier molecular flexibility index (Phi) is 3.36. The fourth-order valence-corrected chi connectivity index (χ4v) is 2.49. The monoisotopic (exact) mass is 276 g/mol. The Hall–Kier alpha value is -1.65. The van der Waals surface area contributed by atoms with E-state index >= 15 is 0 Å². The van der Waals surface area contributed by atoms with Crippen LogP contribution in [0.25, 0.3) is 5.69 Å². The summed E-state index contributed by atoms with van der Waals surface area (Å²) in [6.07, 6.45) is 3.50. The zero-order chi connectivity index (χ0) is 13.2. The molecule has 0 spiro atoms. The predicted octanol–water partition coefficient (Wildman–Crippen LogP) is 2.84. The van der Waals surface area contributed by atoms with E-state index in [2.05, 4.69) is 5.10 Å². The van der Waals surface area contributed by atoms with Gasteiger partial charge in [0.05, 0.1) is 23.6 Å². The summed E-state index contributed by atoms with van der Waals surface area (Å²) in [4.78, 5) is 11.2. The third-order valence-electron chi connectivity index (χ3n) is 3.29. The summed E-state index contributed by atoms with van der Waals surface area (Å²) >= 11 is 5.97. The molecule has 0 bridgehead atoms. The number of hydrogen-bond donors (Lipinski definition) is 0. The average molecular weight is 277 g/mol. The van der Waals surface area contributed by atoms with Gasteiger partial charge in [0, 0.05) is 23.7 Å². The second-order valence-electron chi connectivity index (χ2n) is 4.57. The topological polar surface area (TPSA) is 44.1 Å². The van der Waals surface area contributed by atoms with Crippen LogP contribution in [0.4, 0.5) is 0 Å². The van der Waals surface area contributed by atoms with E-state index in [0.29, 0.717) is 17.2 Å². The highest BCUT2D eigenvalue weighted by molar-refractivity contribution is 6.30. The van der Waals surface area contributed by atoms with Crippen molar-refractivity contribution < 1.29 is 9.53 Å². The molecule has 0 radical (unpaired) electrons. The smallest absolute Gasteiger partial charge is 0.153 e. The molecule has 0 amide bonds. The Morgan fingerprint density at radius 2 is 2.37 bits per heavy atom. The molecule has 19 heavy (non-hydrogen) atoms. The third-order valence-corrected chi connectivity index (χ3v) is 3.52. The minimum absolute atomic E-state index is 0.209. The maximum atomic E-state index is 11.2. The largest absolute Gasteiger partial charge is 0.381 e. The highest BCUT2D eigenvalue weighted by Crippen LogP contribution is 2.27. The van der Waals surface area contributed by atoms with Gasteiger partial charge in [-0.15, -0.1) is 0 Å². The van der Waals surface area contributed by atoms with Crippen LogP contribution in [0.1, 0.15) is 28.4 Å². The van der Waals surface area contributed by atoms with Gasteiger partial charge in [-0.2, -0.15) is 5.10 Å². The number of aldehydes is 1. The van der Waals surface area contributed by atoms with Gasteiger partial charge in [0.1, 0.15) is 0 Å². The Bertz CT molecular complexity index is 603. The van der Waals surface area contributed by atoms with E-state index in [1.54, 1.807) is 16.9 Å². The van der Waals surface area contributed by atoms with Gasteiger partial charge in [-0.1, -0.05) is 17.7 Å². The van der Waals surface area contributed by atoms with Crippen LogP contribution in [0.3, 0.4) is 0 Å². The molecule has 4 nitrogen and oxygen atoms in total. The first-order chi connectivity index (χ1) is 9.28. The number of carbonyl (C=O) groups is 1. The molecule has 0 N–H and O–H groups in total. The zero-order valence-corrected chi connectivity index (χ0v) is 11.0. The van der Waals surface area contributed by atoms with Crippen LogP contribution in [-0.4, -0.2) is 29.3 Å². The molecule has 1 saturated heterocycles. The summed E-state index contributed by atoms with van der Waals surface area (Å²) in [6.45, 7) is 1.36. The summed E-state index contributed by atoms with van der Waals surface area (Å²) in [5, 5.41) is 5.17. The van der Waals surface area contributed by atoms with Gasteiger partial charge in [0.2, 0.25) is 0 Å². The quantitative estimate of drug-likeness (QED) is 0.810. The Labute approximate surface area is 115 Å². The van der Waals surface area contributed by atoms with Crippen molar-refractivity contribution >= 4 is 17.9 Å². The van der Waals surface area contributed by atoms with Gasteiger partial charge < -0.3 is 4.74 Å². The first-order valence-electron chi connectivity index (χ1n) is 6.16. The number of hydrogen-bond acceptors (Lipinski definition) is 3. The SMILES string of the molecule is O=Cc1cn(-c2cccc(Cl)c2)nc1C1CCOC1. The first-order valence-corrected chi connectivity index (χ1v) is 6.54. The molecule has 3 rings (SSSR count). The maximum absolute atomic E-state index is 11.2. The molecule has 1 aliphatic rings. The highest BCUT2D eigenvalue weighted by Gasteiger charge is 2.24. The molecule has 0 aliphatic carbocycles. The molecular formula is C14H13ClN2O2. The summed E-state index contributed by atoms with van der Waals surface area (Å²) in [6, 6.07) is 7.39. The number of halogens is 1. The molecule has 1 aromatic heterocycles. The number of ether oxygens (including phenoxy) is 1. The van der Waals surface area contributed by atoms with Crippen LogP contribution in [0.5, 0.6) is 0 Å². The number of aromatic nitrogens is 2. The van der Waals surface area contributed by atoms with Gasteiger partial charge in [0.25, 0.3) is 0 Å². The maximum Gasteiger partial charge on any atom is 0.153 e. The van der Waals surface area contributed by atoms with Gasteiger partial charge >= 0.3 is 0 Å². The summed E-state index contributed by atoms with van der Waals surface area (Å²) in [5.41, 5.74) is 2.28. The molecule has 5 heteroatoms. The van der Waals surface area contributed by atoms with Crippen molar-refractivity contribution in [3.8, 4) is 5.69 Å². The van der Waals surface area contributed by atoms with Crippen molar-refractivity contribution in [3.05, 3.63) is 46.7 Å². The van der Waals surface area contributed by atoms with E-state index in [0.717, 1.165) is 30.7 Å². The van der Waals surface area contributed by atoms with Crippen molar-refractivity contribution in [1.82, 2.24) is 9.78 Å². The predicted molar refractivity (Wildman–Crippen MR) is 72.1 cm³/mol. The van der Waals surface area contributed by atoms with Gasteiger partial charge in [-0.3, -0.25) is 4.79 Å². The minimum atomic E-state index is 0.209. The average Bonchev–Trinajstić information content (AvgIpc) is 3.07. The van der Waals surface area contributed by atoms with E-state index in [1.807, 2.05) is 18.2 Å². The van der Waals surface area contributed by atoms with Gasteiger partial charge in [-0.05, 0) is 24.6 Å². The van der Waals surface area contributed by atoms with Crippen molar-refractivity contribution in [1.29, 1.82) is 0 Å². The second-order valence-corrected chi connectivity index (χ2v) is 5.01. The summed E-state index contributed by atoms with van der Waals surface area (Å²) in [7, 11) is 0. The number of rotatable bonds is 3. The molecule has 2 aromatic rings. The Morgan fingerprint density at radius 3 is 3.05 bits per heavy atom. The van der Waals surface area contributed by atoms with E-state index in [9.17, 15) is 4.79 Å². The lowest BCUT2D eigenvalue weighted by Crippen LogP contribution is -2.03. The van der Waals surface area contributed by atoms with Gasteiger partial charge in [-0.25, -0.2) is 4.68 Å². The van der Waals surface area contributed by atoms with Crippen molar-refractivity contribution in [3.63, 3.8) is 0 Å². The third kappa shape index (κ3) is 2.41. The van der Waals surface area contributed by atoms with Crippen LogP contribution in [0.15, 0.2) is 30.5 Å². The fraction of sp³-hybridized carbons (Fsp3) is 0.286. The molecule has 1 aliphatic heterocycles. The first kappa shape index (κ1) is 12.4. The molecule has 1 atom stereocenters. The van der Waals surface area contributed by atoms with Crippen LogP contribution in [-0.2, 0) is 4.74 Å². The Balaban J connectivity index is 2.01. The fourth-order valence-electron chi connectivity index (χ4n) is 2.31. The lowest BCUT2D eigenvalue weighted by molar-refractivity contribution is 0.112. The van der Waals surface area contributed by atoms with E-state index in [-0.39, 0.29) is 5.92 Å². The van der Waals surface area contributed by atoms with Crippen molar-refractivity contribution in [2.75, 3.05) is 13.2 Å². The molecule has 2 heterocycles. The van der Waals surface area contributed by atoms with E-state index < -0.39 is 0 Å². The molecule has 1 unspecified atom stereocenters. The molecule has 1 aromatic carbocycles. The lowest BCUT2D eigenvalue weighted by atomic mass is 10.0. The number of carbonyl (C=O) groups excluding carboxylic acids is 1. The zero-order valence-electron chi connectivity index (χ0n) is 10.3. The molecule has 0 saturated carbocycles. The number of nitrogens with zero attached hydrogens (tertiary/aromatic N) is 2.